The minimum atomic E-state index is -1.20. The summed E-state index contributed by atoms with van der Waals surface area (Å²) in [4.78, 5) is 0. The Kier molecular flexibility index (Phi) is 3.09. The quantitative estimate of drug-likeness (QED) is 0.835. The van der Waals surface area contributed by atoms with Gasteiger partial charge in [0.2, 0.25) is 5.82 Å². The van der Waals surface area contributed by atoms with Gasteiger partial charge in [0, 0.05) is 5.56 Å². The van der Waals surface area contributed by atoms with Gasteiger partial charge in [-0.2, -0.15) is 4.39 Å². The van der Waals surface area contributed by atoms with Crippen LogP contribution in [-0.4, -0.2) is 5.11 Å². The van der Waals surface area contributed by atoms with Crippen LogP contribution in [0.15, 0.2) is 36.4 Å². The molecule has 88 valence electrons. The van der Waals surface area contributed by atoms with Crippen LogP contribution in [0.1, 0.15) is 12.5 Å². The minimum Gasteiger partial charge on any atom is -0.505 e. The SMILES string of the molecule is CCc1ccccc1-c1ccc(O)c(F)c1F. The molecule has 1 nitrogen and oxygen atoms in total. The van der Waals surface area contributed by atoms with Crippen LogP contribution >= 0.6 is 0 Å². The fraction of sp³-hybridized carbons (Fsp3) is 0.143. The Hall–Kier alpha value is -1.90. The largest absolute Gasteiger partial charge is 0.505 e. The molecule has 0 spiro atoms. The molecule has 0 fully saturated rings. The zero-order valence-corrected chi connectivity index (χ0v) is 9.37. The average molecular weight is 234 g/mol. The zero-order valence-electron chi connectivity index (χ0n) is 9.37. The fourth-order valence-corrected chi connectivity index (χ4v) is 1.84. The number of phenols is 1. The Labute approximate surface area is 98.3 Å². The van der Waals surface area contributed by atoms with Crippen LogP contribution in [-0.2, 0) is 6.42 Å². The molecule has 0 unspecified atom stereocenters. The number of aryl methyl sites for hydroxylation is 1. The smallest absolute Gasteiger partial charge is 0.200 e. The minimum absolute atomic E-state index is 0.178. The summed E-state index contributed by atoms with van der Waals surface area (Å²) in [5.41, 5.74) is 1.78. The fourth-order valence-electron chi connectivity index (χ4n) is 1.84. The van der Waals surface area contributed by atoms with Crippen LogP contribution in [0.4, 0.5) is 8.78 Å². The molecule has 2 aromatic carbocycles. The van der Waals surface area contributed by atoms with Gasteiger partial charge in [-0.15, -0.1) is 0 Å². The normalized spacial score (nSPS) is 10.5. The first-order valence-electron chi connectivity index (χ1n) is 5.40. The van der Waals surface area contributed by atoms with Crippen LogP contribution in [0.2, 0.25) is 0 Å². The second kappa shape index (κ2) is 4.53. The number of phenolic OH excluding ortho intramolecular Hbond substituents is 1. The third kappa shape index (κ3) is 2.00. The van der Waals surface area contributed by atoms with Gasteiger partial charge in [-0.1, -0.05) is 31.2 Å². The standard InChI is InChI=1S/C14H12F2O/c1-2-9-5-3-4-6-10(9)11-7-8-12(17)14(16)13(11)15/h3-8,17H,2H2,1H3. The molecule has 0 aliphatic carbocycles. The van der Waals surface area contributed by atoms with E-state index in [4.69, 9.17) is 5.11 Å². The van der Waals surface area contributed by atoms with Gasteiger partial charge in [0.05, 0.1) is 0 Å². The van der Waals surface area contributed by atoms with Gasteiger partial charge in [-0.3, -0.25) is 0 Å². The Morgan fingerprint density at radius 1 is 0.941 bits per heavy atom. The van der Waals surface area contributed by atoms with Gasteiger partial charge in [-0.05, 0) is 29.7 Å². The maximum atomic E-state index is 13.7. The molecule has 2 aromatic rings. The molecule has 0 aliphatic heterocycles. The Bertz CT molecular complexity index is 550. The van der Waals surface area contributed by atoms with Crippen LogP contribution < -0.4 is 0 Å². The average Bonchev–Trinajstić information content (AvgIpc) is 2.36. The van der Waals surface area contributed by atoms with E-state index in [1.165, 1.54) is 12.1 Å². The van der Waals surface area contributed by atoms with E-state index in [2.05, 4.69) is 0 Å². The number of benzene rings is 2. The number of hydrogen-bond donors (Lipinski definition) is 1. The predicted molar refractivity (Wildman–Crippen MR) is 62.8 cm³/mol. The van der Waals surface area contributed by atoms with Gasteiger partial charge in [0.25, 0.3) is 0 Å². The third-order valence-corrected chi connectivity index (χ3v) is 2.75. The van der Waals surface area contributed by atoms with E-state index in [0.717, 1.165) is 12.0 Å². The molecule has 17 heavy (non-hydrogen) atoms. The second-order valence-electron chi connectivity index (χ2n) is 3.77. The first-order chi connectivity index (χ1) is 8.15. The van der Waals surface area contributed by atoms with Crippen molar-refractivity contribution in [2.75, 3.05) is 0 Å². The van der Waals surface area contributed by atoms with Gasteiger partial charge >= 0.3 is 0 Å². The summed E-state index contributed by atoms with van der Waals surface area (Å²) < 4.78 is 27.0. The van der Waals surface area contributed by atoms with E-state index in [9.17, 15) is 8.78 Å². The monoisotopic (exact) mass is 234 g/mol. The highest BCUT2D eigenvalue weighted by molar-refractivity contribution is 5.68. The van der Waals surface area contributed by atoms with E-state index in [1.807, 2.05) is 19.1 Å². The van der Waals surface area contributed by atoms with Crippen LogP contribution in [0.3, 0.4) is 0 Å². The summed E-state index contributed by atoms with van der Waals surface area (Å²) in [5.74, 6) is -2.88. The lowest BCUT2D eigenvalue weighted by atomic mass is 9.97. The van der Waals surface area contributed by atoms with Crippen molar-refractivity contribution in [3.8, 4) is 16.9 Å². The Balaban J connectivity index is 2.65. The predicted octanol–water partition coefficient (Wildman–Crippen LogP) is 3.90. The van der Waals surface area contributed by atoms with Gasteiger partial charge in [0.15, 0.2) is 11.6 Å². The van der Waals surface area contributed by atoms with Crippen molar-refractivity contribution in [2.24, 2.45) is 0 Å². The van der Waals surface area contributed by atoms with Gasteiger partial charge < -0.3 is 5.11 Å². The molecular weight excluding hydrogens is 222 g/mol. The molecule has 0 aliphatic rings. The van der Waals surface area contributed by atoms with Crippen molar-refractivity contribution in [3.63, 3.8) is 0 Å². The number of rotatable bonds is 2. The molecule has 0 amide bonds. The third-order valence-electron chi connectivity index (χ3n) is 2.75. The summed E-state index contributed by atoms with van der Waals surface area (Å²) in [7, 11) is 0. The first kappa shape index (κ1) is 11.6. The van der Waals surface area contributed by atoms with Crippen LogP contribution in [0, 0.1) is 11.6 Å². The zero-order chi connectivity index (χ0) is 12.4. The topological polar surface area (TPSA) is 20.2 Å². The van der Waals surface area contributed by atoms with Crippen molar-refractivity contribution in [1.82, 2.24) is 0 Å². The summed E-state index contributed by atoms with van der Waals surface area (Å²) in [5, 5.41) is 9.08. The number of aromatic hydroxyl groups is 1. The lowest BCUT2D eigenvalue weighted by Crippen LogP contribution is -1.93. The molecule has 1 N–H and O–H groups in total. The van der Waals surface area contributed by atoms with Gasteiger partial charge in [-0.25, -0.2) is 4.39 Å². The highest BCUT2D eigenvalue weighted by atomic mass is 19.2. The molecule has 0 saturated heterocycles. The van der Waals surface area contributed by atoms with E-state index in [0.29, 0.717) is 5.56 Å². The summed E-state index contributed by atoms with van der Waals surface area (Å²) >= 11 is 0. The van der Waals surface area contributed by atoms with Crippen LogP contribution in [0.25, 0.3) is 11.1 Å². The summed E-state index contributed by atoms with van der Waals surface area (Å²) in [6.07, 6.45) is 0.734. The Morgan fingerprint density at radius 2 is 1.65 bits per heavy atom. The van der Waals surface area contributed by atoms with Crippen molar-refractivity contribution < 1.29 is 13.9 Å². The first-order valence-corrected chi connectivity index (χ1v) is 5.40. The second-order valence-corrected chi connectivity index (χ2v) is 3.77. The molecule has 0 bridgehead atoms. The highest BCUT2D eigenvalue weighted by Gasteiger charge is 2.15. The van der Waals surface area contributed by atoms with Crippen molar-refractivity contribution in [3.05, 3.63) is 53.6 Å². The van der Waals surface area contributed by atoms with E-state index >= 15 is 0 Å². The van der Waals surface area contributed by atoms with E-state index in [-0.39, 0.29) is 5.56 Å². The molecule has 0 aromatic heterocycles. The molecule has 3 heteroatoms. The van der Waals surface area contributed by atoms with Crippen molar-refractivity contribution in [1.29, 1.82) is 0 Å². The van der Waals surface area contributed by atoms with Crippen molar-refractivity contribution >= 4 is 0 Å². The number of hydrogen-bond acceptors (Lipinski definition) is 1. The molecule has 0 radical (unpaired) electrons. The van der Waals surface area contributed by atoms with Gasteiger partial charge in [0.1, 0.15) is 0 Å². The molecule has 0 atom stereocenters. The molecule has 2 rings (SSSR count). The highest BCUT2D eigenvalue weighted by Crippen LogP contribution is 2.31. The summed E-state index contributed by atoms with van der Waals surface area (Å²) in [6, 6.07) is 9.81. The molecule has 0 saturated carbocycles. The Morgan fingerprint density at radius 3 is 2.35 bits per heavy atom. The van der Waals surface area contributed by atoms with E-state index in [1.54, 1.807) is 12.1 Å². The number of halogens is 2. The molecular formula is C14H12F2O. The van der Waals surface area contributed by atoms with Crippen molar-refractivity contribution in [2.45, 2.75) is 13.3 Å². The van der Waals surface area contributed by atoms with E-state index < -0.39 is 17.4 Å². The lowest BCUT2D eigenvalue weighted by Gasteiger charge is -2.09. The molecule has 0 heterocycles. The lowest BCUT2D eigenvalue weighted by molar-refractivity contribution is 0.408. The maximum absolute atomic E-state index is 13.7. The van der Waals surface area contributed by atoms with Crippen LogP contribution in [0.5, 0.6) is 5.75 Å². The summed E-state index contributed by atoms with van der Waals surface area (Å²) in [6.45, 7) is 1.95. The maximum Gasteiger partial charge on any atom is 0.200 e.